The van der Waals surface area contributed by atoms with Gasteiger partial charge in [0.15, 0.2) is 0 Å². The molecule has 3 heteroatoms. The molecule has 1 aromatic carbocycles. The van der Waals surface area contributed by atoms with Crippen LogP contribution in [0.4, 0.5) is 5.69 Å². The van der Waals surface area contributed by atoms with Crippen molar-refractivity contribution >= 4 is 5.69 Å². The van der Waals surface area contributed by atoms with E-state index >= 15 is 0 Å². The fraction of sp³-hybridized carbons (Fsp3) is 0.571. The molecule has 2 bridgehead atoms. The maximum absolute atomic E-state index is 5.96. The Hall–Kier alpha value is -1.22. The summed E-state index contributed by atoms with van der Waals surface area (Å²) in [7, 11) is 1.74. The van der Waals surface area contributed by atoms with Crippen LogP contribution in [0.25, 0.3) is 0 Å². The van der Waals surface area contributed by atoms with Gasteiger partial charge >= 0.3 is 0 Å². The topological polar surface area (TPSA) is 38.5 Å². The summed E-state index contributed by atoms with van der Waals surface area (Å²) in [5.41, 5.74) is 7.18. The molecule has 1 saturated carbocycles. The summed E-state index contributed by atoms with van der Waals surface area (Å²) < 4.78 is 5.48. The van der Waals surface area contributed by atoms with Crippen molar-refractivity contribution in [2.75, 3.05) is 18.6 Å². The van der Waals surface area contributed by atoms with Gasteiger partial charge in [-0.15, -0.1) is 0 Å². The van der Waals surface area contributed by atoms with E-state index in [0.29, 0.717) is 12.1 Å². The molecule has 92 valence electrons. The molecule has 3 nitrogen and oxygen atoms in total. The highest BCUT2D eigenvalue weighted by Gasteiger charge is 2.45. The molecule has 1 aliphatic carbocycles. The Balaban J connectivity index is 1.97. The van der Waals surface area contributed by atoms with Crippen LogP contribution in [0.3, 0.4) is 0 Å². The van der Waals surface area contributed by atoms with Crippen LogP contribution in [-0.2, 0) is 0 Å². The van der Waals surface area contributed by atoms with Crippen LogP contribution in [0, 0.1) is 5.92 Å². The number of nitrogens with two attached hydrogens (primary N) is 1. The van der Waals surface area contributed by atoms with Crippen LogP contribution in [0.15, 0.2) is 24.3 Å². The van der Waals surface area contributed by atoms with Gasteiger partial charge in [0.05, 0.1) is 12.8 Å². The van der Waals surface area contributed by atoms with E-state index in [1.165, 1.54) is 24.9 Å². The second kappa shape index (κ2) is 4.22. The molecule has 2 fully saturated rings. The number of nitrogens with zero attached hydrogens (tertiary/aromatic N) is 1. The number of ether oxygens (including phenoxy) is 1. The van der Waals surface area contributed by atoms with E-state index in [2.05, 4.69) is 17.0 Å². The van der Waals surface area contributed by atoms with Crippen LogP contribution >= 0.6 is 0 Å². The summed E-state index contributed by atoms with van der Waals surface area (Å²) in [4.78, 5) is 2.51. The van der Waals surface area contributed by atoms with Gasteiger partial charge in [-0.05, 0) is 37.3 Å². The summed E-state index contributed by atoms with van der Waals surface area (Å²) >= 11 is 0. The predicted molar refractivity (Wildman–Crippen MR) is 69.4 cm³/mol. The minimum atomic E-state index is 0.505. The molecule has 1 heterocycles. The fourth-order valence-electron chi connectivity index (χ4n) is 3.62. The third kappa shape index (κ3) is 1.61. The largest absolute Gasteiger partial charge is 0.495 e. The van der Waals surface area contributed by atoms with E-state index in [-0.39, 0.29) is 0 Å². The minimum absolute atomic E-state index is 0.505. The quantitative estimate of drug-likeness (QED) is 0.866. The molecule has 3 atom stereocenters. The Morgan fingerprint density at radius 1 is 1.35 bits per heavy atom. The maximum atomic E-state index is 5.96. The van der Waals surface area contributed by atoms with Gasteiger partial charge in [0, 0.05) is 18.6 Å². The highest BCUT2D eigenvalue weighted by molar-refractivity contribution is 5.61. The van der Waals surface area contributed by atoms with Crippen molar-refractivity contribution in [2.45, 2.75) is 31.3 Å². The van der Waals surface area contributed by atoms with E-state index in [1.54, 1.807) is 7.11 Å². The number of hydrogen-bond acceptors (Lipinski definition) is 3. The Morgan fingerprint density at radius 2 is 2.18 bits per heavy atom. The van der Waals surface area contributed by atoms with Gasteiger partial charge in [0.25, 0.3) is 0 Å². The molecular weight excluding hydrogens is 212 g/mol. The lowest BCUT2D eigenvalue weighted by Gasteiger charge is -2.37. The van der Waals surface area contributed by atoms with Crippen molar-refractivity contribution < 1.29 is 4.74 Å². The zero-order valence-electron chi connectivity index (χ0n) is 10.3. The lowest BCUT2D eigenvalue weighted by atomic mass is 9.98. The van der Waals surface area contributed by atoms with Crippen LogP contribution in [0.2, 0.25) is 0 Å². The summed E-state index contributed by atoms with van der Waals surface area (Å²) in [6, 6.07) is 9.47. The van der Waals surface area contributed by atoms with Gasteiger partial charge in [-0.1, -0.05) is 12.1 Å². The van der Waals surface area contributed by atoms with E-state index in [4.69, 9.17) is 10.5 Å². The highest BCUT2D eigenvalue weighted by atomic mass is 16.5. The number of rotatable bonds is 3. The van der Waals surface area contributed by atoms with Gasteiger partial charge in [-0.2, -0.15) is 0 Å². The van der Waals surface area contributed by atoms with Crippen molar-refractivity contribution in [1.29, 1.82) is 0 Å². The summed E-state index contributed by atoms with van der Waals surface area (Å²) in [6.45, 7) is 0.749. The molecule has 0 aromatic heterocycles. The normalized spacial score (nSPS) is 30.9. The molecule has 2 N–H and O–H groups in total. The second-order valence-electron chi connectivity index (χ2n) is 5.11. The molecule has 1 aromatic rings. The average Bonchev–Trinajstić information content (AvgIpc) is 2.98. The van der Waals surface area contributed by atoms with Crippen molar-refractivity contribution in [3.8, 4) is 5.75 Å². The second-order valence-corrected chi connectivity index (χ2v) is 5.11. The van der Waals surface area contributed by atoms with E-state index in [0.717, 1.165) is 18.2 Å². The SMILES string of the molecule is COc1ccccc1N1C2CCC(C2)C1CN. The molecule has 3 rings (SSSR count). The maximum Gasteiger partial charge on any atom is 0.142 e. The lowest BCUT2D eigenvalue weighted by Crippen LogP contribution is -2.45. The molecule has 1 aliphatic heterocycles. The molecule has 0 spiro atoms. The van der Waals surface area contributed by atoms with Crippen molar-refractivity contribution in [1.82, 2.24) is 0 Å². The standard InChI is InChI=1S/C14H20N2O/c1-17-14-5-3-2-4-12(14)16-11-7-6-10(8-11)13(16)9-15/h2-5,10-11,13H,6-9,15H2,1H3. The molecule has 17 heavy (non-hydrogen) atoms. The Kier molecular flexibility index (Phi) is 2.71. The summed E-state index contributed by atoms with van der Waals surface area (Å²) in [5.74, 6) is 1.76. The van der Waals surface area contributed by atoms with E-state index in [1.807, 2.05) is 12.1 Å². The van der Waals surface area contributed by atoms with Crippen LogP contribution < -0.4 is 15.4 Å². The van der Waals surface area contributed by atoms with Gasteiger partial charge < -0.3 is 15.4 Å². The van der Waals surface area contributed by atoms with Crippen LogP contribution in [0.5, 0.6) is 5.75 Å². The number of piperidine rings is 1. The Morgan fingerprint density at radius 3 is 2.94 bits per heavy atom. The smallest absolute Gasteiger partial charge is 0.142 e. The van der Waals surface area contributed by atoms with Crippen molar-refractivity contribution in [2.24, 2.45) is 11.7 Å². The van der Waals surface area contributed by atoms with Gasteiger partial charge in [0.2, 0.25) is 0 Å². The van der Waals surface area contributed by atoms with Gasteiger partial charge in [-0.3, -0.25) is 0 Å². The fourth-order valence-corrected chi connectivity index (χ4v) is 3.62. The first-order valence-electron chi connectivity index (χ1n) is 6.46. The molecule has 1 saturated heterocycles. The zero-order chi connectivity index (χ0) is 11.8. The van der Waals surface area contributed by atoms with E-state index in [9.17, 15) is 0 Å². The highest BCUT2D eigenvalue weighted by Crippen LogP contribution is 2.46. The van der Waals surface area contributed by atoms with Crippen LogP contribution in [-0.4, -0.2) is 25.7 Å². The monoisotopic (exact) mass is 232 g/mol. The predicted octanol–water partition coefficient (Wildman–Crippen LogP) is 2.01. The van der Waals surface area contributed by atoms with Crippen molar-refractivity contribution in [3.63, 3.8) is 0 Å². The summed E-state index contributed by atoms with van der Waals surface area (Å²) in [6.07, 6.45) is 3.96. The Bertz CT molecular complexity index is 407. The molecule has 3 unspecified atom stereocenters. The summed E-state index contributed by atoms with van der Waals surface area (Å²) in [5, 5.41) is 0. The number of methoxy groups -OCH3 is 1. The third-order valence-corrected chi connectivity index (χ3v) is 4.35. The Labute approximate surface area is 103 Å². The average molecular weight is 232 g/mol. The molecular formula is C14H20N2O. The molecule has 0 radical (unpaired) electrons. The number of fused-ring (bicyclic) bond motifs is 2. The van der Waals surface area contributed by atoms with Gasteiger partial charge in [-0.25, -0.2) is 0 Å². The zero-order valence-corrected chi connectivity index (χ0v) is 10.3. The first kappa shape index (κ1) is 10.9. The molecule has 0 amide bonds. The van der Waals surface area contributed by atoms with Crippen molar-refractivity contribution in [3.05, 3.63) is 24.3 Å². The van der Waals surface area contributed by atoms with Crippen LogP contribution in [0.1, 0.15) is 19.3 Å². The first-order chi connectivity index (χ1) is 8.35. The van der Waals surface area contributed by atoms with E-state index < -0.39 is 0 Å². The minimum Gasteiger partial charge on any atom is -0.495 e. The van der Waals surface area contributed by atoms with Gasteiger partial charge in [0.1, 0.15) is 5.75 Å². The number of hydrogen-bond donors (Lipinski definition) is 1. The first-order valence-corrected chi connectivity index (χ1v) is 6.46. The number of anilines is 1. The molecule has 2 aliphatic rings. The lowest BCUT2D eigenvalue weighted by molar-refractivity contribution is 0.401. The number of para-hydroxylation sites is 2. The number of benzene rings is 1. The third-order valence-electron chi connectivity index (χ3n) is 4.35.